The van der Waals surface area contributed by atoms with Crippen LogP contribution in [-0.4, -0.2) is 12.0 Å². The normalized spacial score (nSPS) is 10.4. The van der Waals surface area contributed by atoms with Crippen molar-refractivity contribution in [3.8, 4) is 0 Å². The molecule has 2 rings (SSSR count). The van der Waals surface area contributed by atoms with Crippen LogP contribution in [-0.2, 0) is 6.54 Å². The molecule has 0 spiro atoms. The van der Waals surface area contributed by atoms with Crippen molar-refractivity contribution in [1.82, 2.24) is 4.98 Å². The maximum absolute atomic E-state index is 12.8. The highest BCUT2D eigenvalue weighted by molar-refractivity contribution is 9.10. The fourth-order valence-corrected chi connectivity index (χ4v) is 1.89. The molecule has 1 aromatic heterocycles. The van der Waals surface area contributed by atoms with E-state index in [9.17, 15) is 4.39 Å². The standard InChI is InChI=1S/C14H14BrFN2/c1-10-7-14(17-8-13(10)15)18(2)9-11-3-5-12(16)6-4-11/h3-8H,9H2,1-2H3. The van der Waals surface area contributed by atoms with Gasteiger partial charge in [-0.2, -0.15) is 0 Å². The number of pyridine rings is 1. The number of nitrogens with zero attached hydrogens (tertiary/aromatic N) is 2. The van der Waals surface area contributed by atoms with Gasteiger partial charge in [0.05, 0.1) is 0 Å². The smallest absolute Gasteiger partial charge is 0.128 e. The Balaban J connectivity index is 2.13. The summed E-state index contributed by atoms with van der Waals surface area (Å²) in [6, 6.07) is 8.55. The van der Waals surface area contributed by atoms with Crippen LogP contribution in [0.15, 0.2) is 41.0 Å². The summed E-state index contributed by atoms with van der Waals surface area (Å²) in [7, 11) is 1.97. The van der Waals surface area contributed by atoms with Gasteiger partial charge in [0, 0.05) is 24.3 Å². The van der Waals surface area contributed by atoms with Crippen molar-refractivity contribution in [3.63, 3.8) is 0 Å². The lowest BCUT2D eigenvalue weighted by atomic mass is 10.2. The third-order valence-corrected chi connectivity index (χ3v) is 3.59. The number of aryl methyl sites for hydroxylation is 1. The molecule has 0 atom stereocenters. The van der Waals surface area contributed by atoms with E-state index >= 15 is 0 Å². The minimum Gasteiger partial charge on any atom is -0.355 e. The number of halogens is 2. The molecular formula is C14H14BrFN2. The summed E-state index contributed by atoms with van der Waals surface area (Å²) >= 11 is 3.43. The SMILES string of the molecule is Cc1cc(N(C)Cc2ccc(F)cc2)ncc1Br. The fraction of sp³-hybridized carbons (Fsp3) is 0.214. The van der Waals surface area contributed by atoms with Crippen molar-refractivity contribution in [1.29, 1.82) is 0 Å². The number of hydrogen-bond donors (Lipinski definition) is 0. The number of hydrogen-bond acceptors (Lipinski definition) is 2. The predicted molar refractivity (Wildman–Crippen MR) is 75.2 cm³/mol. The van der Waals surface area contributed by atoms with Gasteiger partial charge in [0.1, 0.15) is 11.6 Å². The van der Waals surface area contributed by atoms with Crippen LogP contribution in [0.5, 0.6) is 0 Å². The van der Waals surface area contributed by atoms with Gasteiger partial charge in [-0.3, -0.25) is 0 Å². The molecule has 0 amide bonds. The van der Waals surface area contributed by atoms with Crippen molar-refractivity contribution in [3.05, 3.63) is 57.9 Å². The van der Waals surface area contributed by atoms with Gasteiger partial charge in [-0.05, 0) is 52.2 Å². The maximum Gasteiger partial charge on any atom is 0.128 e. The average Bonchev–Trinajstić information content (AvgIpc) is 2.35. The summed E-state index contributed by atoms with van der Waals surface area (Å²) in [5.74, 6) is 0.694. The molecule has 0 unspecified atom stereocenters. The molecule has 0 radical (unpaired) electrons. The molecule has 0 saturated carbocycles. The van der Waals surface area contributed by atoms with Crippen LogP contribution in [0.25, 0.3) is 0 Å². The first kappa shape index (κ1) is 13.0. The Hall–Kier alpha value is -1.42. The van der Waals surface area contributed by atoms with E-state index in [1.165, 1.54) is 12.1 Å². The molecule has 94 valence electrons. The van der Waals surface area contributed by atoms with Crippen LogP contribution in [0.1, 0.15) is 11.1 Å². The molecule has 1 aromatic carbocycles. The predicted octanol–water partition coefficient (Wildman–Crippen LogP) is 3.93. The monoisotopic (exact) mass is 308 g/mol. The number of anilines is 1. The Morgan fingerprint density at radius 3 is 2.56 bits per heavy atom. The number of aromatic nitrogens is 1. The first-order valence-electron chi connectivity index (χ1n) is 5.64. The van der Waals surface area contributed by atoms with Gasteiger partial charge in [-0.1, -0.05) is 12.1 Å². The van der Waals surface area contributed by atoms with Crippen LogP contribution in [0.2, 0.25) is 0 Å². The van der Waals surface area contributed by atoms with Crippen molar-refractivity contribution >= 4 is 21.7 Å². The van der Waals surface area contributed by atoms with E-state index in [-0.39, 0.29) is 5.82 Å². The molecule has 4 heteroatoms. The molecule has 18 heavy (non-hydrogen) atoms. The Bertz CT molecular complexity index is 540. The summed E-state index contributed by atoms with van der Waals surface area (Å²) in [5, 5.41) is 0. The van der Waals surface area contributed by atoms with E-state index in [4.69, 9.17) is 0 Å². The highest BCUT2D eigenvalue weighted by Crippen LogP contribution is 2.20. The highest BCUT2D eigenvalue weighted by atomic mass is 79.9. The van der Waals surface area contributed by atoms with E-state index in [0.717, 1.165) is 21.4 Å². The van der Waals surface area contributed by atoms with Crippen molar-refractivity contribution in [2.75, 3.05) is 11.9 Å². The third kappa shape index (κ3) is 3.07. The average molecular weight is 309 g/mol. The lowest BCUT2D eigenvalue weighted by Crippen LogP contribution is -2.17. The van der Waals surface area contributed by atoms with E-state index in [1.807, 2.05) is 24.9 Å². The summed E-state index contributed by atoms with van der Waals surface area (Å²) in [6.45, 7) is 2.73. The Kier molecular flexibility index (Phi) is 3.97. The Morgan fingerprint density at radius 1 is 1.28 bits per heavy atom. The second-order valence-electron chi connectivity index (χ2n) is 4.27. The zero-order chi connectivity index (χ0) is 13.1. The van der Waals surface area contributed by atoms with Crippen LogP contribution in [0.3, 0.4) is 0 Å². The summed E-state index contributed by atoms with van der Waals surface area (Å²) < 4.78 is 13.8. The van der Waals surface area contributed by atoms with E-state index in [0.29, 0.717) is 6.54 Å². The van der Waals surface area contributed by atoms with Gasteiger partial charge >= 0.3 is 0 Å². The summed E-state index contributed by atoms with van der Waals surface area (Å²) in [5.41, 5.74) is 2.20. The van der Waals surface area contributed by atoms with Crippen LogP contribution in [0.4, 0.5) is 10.2 Å². The van der Waals surface area contributed by atoms with Gasteiger partial charge < -0.3 is 4.90 Å². The fourth-order valence-electron chi connectivity index (χ4n) is 1.68. The van der Waals surface area contributed by atoms with Crippen LogP contribution >= 0.6 is 15.9 Å². The first-order valence-corrected chi connectivity index (χ1v) is 6.43. The number of benzene rings is 1. The summed E-state index contributed by atoms with van der Waals surface area (Å²) in [4.78, 5) is 6.39. The van der Waals surface area contributed by atoms with Crippen molar-refractivity contribution < 1.29 is 4.39 Å². The van der Waals surface area contributed by atoms with Gasteiger partial charge in [0.25, 0.3) is 0 Å². The van der Waals surface area contributed by atoms with Crippen LogP contribution < -0.4 is 4.90 Å². The molecule has 0 saturated heterocycles. The minimum absolute atomic E-state index is 0.209. The van der Waals surface area contributed by atoms with Crippen molar-refractivity contribution in [2.24, 2.45) is 0 Å². The Morgan fingerprint density at radius 2 is 1.94 bits per heavy atom. The molecule has 0 aliphatic rings. The zero-order valence-corrected chi connectivity index (χ0v) is 11.9. The highest BCUT2D eigenvalue weighted by Gasteiger charge is 2.05. The summed E-state index contributed by atoms with van der Waals surface area (Å²) in [6.07, 6.45) is 1.80. The zero-order valence-electron chi connectivity index (χ0n) is 10.3. The van der Waals surface area contributed by atoms with E-state index < -0.39 is 0 Å². The maximum atomic E-state index is 12.8. The lowest BCUT2D eigenvalue weighted by molar-refractivity contribution is 0.627. The molecule has 2 aromatic rings. The molecule has 0 fully saturated rings. The van der Waals surface area contributed by atoms with Crippen molar-refractivity contribution in [2.45, 2.75) is 13.5 Å². The second kappa shape index (κ2) is 5.48. The van der Waals surface area contributed by atoms with Gasteiger partial charge in [0.15, 0.2) is 0 Å². The molecule has 2 nitrogen and oxygen atoms in total. The van der Waals surface area contributed by atoms with E-state index in [1.54, 1.807) is 18.3 Å². The molecule has 0 N–H and O–H groups in total. The third-order valence-electron chi connectivity index (χ3n) is 2.76. The molecule has 1 heterocycles. The topological polar surface area (TPSA) is 16.1 Å². The lowest BCUT2D eigenvalue weighted by Gasteiger charge is -2.19. The van der Waals surface area contributed by atoms with Gasteiger partial charge in [-0.15, -0.1) is 0 Å². The van der Waals surface area contributed by atoms with Gasteiger partial charge in [-0.25, -0.2) is 9.37 Å². The van der Waals surface area contributed by atoms with Crippen LogP contribution in [0, 0.1) is 12.7 Å². The molecule has 0 aliphatic carbocycles. The quantitative estimate of drug-likeness (QED) is 0.854. The second-order valence-corrected chi connectivity index (χ2v) is 5.13. The molecule has 0 aliphatic heterocycles. The molecule has 0 bridgehead atoms. The number of rotatable bonds is 3. The molecular weight excluding hydrogens is 295 g/mol. The van der Waals surface area contributed by atoms with E-state index in [2.05, 4.69) is 20.9 Å². The Labute approximate surface area is 115 Å². The largest absolute Gasteiger partial charge is 0.355 e. The first-order chi connectivity index (χ1) is 8.56. The van der Waals surface area contributed by atoms with Gasteiger partial charge in [0.2, 0.25) is 0 Å². The minimum atomic E-state index is -0.209.